The maximum absolute atomic E-state index is 13.5. The fourth-order valence-electron chi connectivity index (χ4n) is 5.00. The van der Waals surface area contributed by atoms with Crippen molar-refractivity contribution in [3.05, 3.63) is 70.8 Å². The third-order valence-corrected chi connectivity index (χ3v) is 6.87. The lowest BCUT2D eigenvalue weighted by molar-refractivity contribution is 0.297. The maximum atomic E-state index is 13.5. The Morgan fingerprint density at radius 1 is 1.10 bits per heavy atom. The van der Waals surface area contributed by atoms with Crippen LogP contribution in [0.4, 0.5) is 10.2 Å². The summed E-state index contributed by atoms with van der Waals surface area (Å²) >= 11 is 6.18. The number of aryl methyl sites for hydroxylation is 1. The Hall–Kier alpha value is -2.57. The number of likely N-dealkylation sites (tertiary alicyclic amines) is 1. The molecule has 1 aliphatic heterocycles. The molecule has 5 nitrogen and oxygen atoms in total. The minimum atomic E-state index is -0.340. The van der Waals surface area contributed by atoms with Crippen LogP contribution >= 0.6 is 11.6 Å². The smallest absolute Gasteiger partial charge is 0.148 e. The number of halogens is 2. The fraction of sp³-hybridized carbons (Fsp3) is 0.375. The number of nitrogens with one attached hydrogen (secondary N) is 1. The van der Waals surface area contributed by atoms with Crippen LogP contribution in [0.15, 0.2) is 48.7 Å². The predicted octanol–water partition coefficient (Wildman–Crippen LogP) is 4.96. The van der Waals surface area contributed by atoms with E-state index in [9.17, 15) is 4.39 Å². The van der Waals surface area contributed by atoms with E-state index >= 15 is 0 Å². The molecular formula is C24H25ClFN5. The summed E-state index contributed by atoms with van der Waals surface area (Å²) in [7, 11) is 0. The van der Waals surface area contributed by atoms with E-state index in [1.54, 1.807) is 0 Å². The molecule has 1 N–H and O–H groups in total. The second kappa shape index (κ2) is 8.52. The van der Waals surface area contributed by atoms with Crippen LogP contribution in [0.25, 0.3) is 11.3 Å². The van der Waals surface area contributed by atoms with Crippen molar-refractivity contribution in [3.8, 4) is 11.3 Å². The highest BCUT2D eigenvalue weighted by atomic mass is 35.5. The van der Waals surface area contributed by atoms with Gasteiger partial charge >= 0.3 is 0 Å². The highest BCUT2D eigenvalue weighted by Crippen LogP contribution is 2.39. The molecule has 0 radical (unpaired) electrons. The van der Waals surface area contributed by atoms with Crippen LogP contribution in [-0.2, 0) is 6.54 Å². The average molecular weight is 438 g/mol. The molecule has 3 aromatic rings. The third kappa shape index (κ3) is 4.41. The number of anilines is 1. The van der Waals surface area contributed by atoms with Gasteiger partial charge in [0.2, 0.25) is 0 Å². The van der Waals surface area contributed by atoms with Gasteiger partial charge in [0.15, 0.2) is 0 Å². The highest BCUT2D eigenvalue weighted by molar-refractivity contribution is 6.33. The topological polar surface area (TPSA) is 53.9 Å². The largest absolute Gasteiger partial charge is 0.366 e. The first-order valence-corrected chi connectivity index (χ1v) is 11.1. The van der Waals surface area contributed by atoms with Gasteiger partial charge in [-0.3, -0.25) is 9.88 Å². The van der Waals surface area contributed by atoms with Gasteiger partial charge in [-0.15, -0.1) is 10.2 Å². The minimum absolute atomic E-state index is 0.340. The Labute approximate surface area is 186 Å². The summed E-state index contributed by atoms with van der Waals surface area (Å²) in [6, 6.07) is 12.5. The second-order valence-corrected chi connectivity index (χ2v) is 9.13. The number of hydrogen-bond acceptors (Lipinski definition) is 5. The summed E-state index contributed by atoms with van der Waals surface area (Å²) in [6.07, 6.45) is 4.16. The molecule has 1 aliphatic carbocycles. The van der Waals surface area contributed by atoms with Crippen LogP contribution in [0.5, 0.6) is 0 Å². The van der Waals surface area contributed by atoms with E-state index in [4.69, 9.17) is 11.6 Å². The zero-order chi connectivity index (χ0) is 21.4. The zero-order valence-electron chi connectivity index (χ0n) is 17.4. The number of nitrogens with zero attached hydrogens (tertiary/aromatic N) is 4. The van der Waals surface area contributed by atoms with Crippen molar-refractivity contribution in [2.75, 3.05) is 18.4 Å². The SMILES string of the molecule is Cc1cccnc1CN1C[C@H]2C[C@@H](Nc3ccc(-c4cc(F)ccc4Cl)nn3)C[C@H]2C1. The number of pyridine rings is 1. The molecule has 1 saturated heterocycles. The number of fused-ring (bicyclic) bond motifs is 1. The Morgan fingerprint density at radius 2 is 1.90 bits per heavy atom. The van der Waals surface area contributed by atoms with Crippen molar-refractivity contribution in [2.45, 2.75) is 32.4 Å². The lowest BCUT2D eigenvalue weighted by Gasteiger charge is -2.20. The van der Waals surface area contributed by atoms with E-state index in [-0.39, 0.29) is 5.82 Å². The molecule has 2 aromatic heterocycles. The summed E-state index contributed by atoms with van der Waals surface area (Å²) in [4.78, 5) is 7.09. The van der Waals surface area contributed by atoms with E-state index in [0.717, 1.165) is 38.3 Å². The second-order valence-electron chi connectivity index (χ2n) is 8.72. The van der Waals surface area contributed by atoms with E-state index in [1.807, 2.05) is 24.4 Å². The summed E-state index contributed by atoms with van der Waals surface area (Å²) in [5, 5.41) is 12.6. The van der Waals surface area contributed by atoms with Crippen molar-refractivity contribution in [3.63, 3.8) is 0 Å². The number of rotatable bonds is 5. The molecule has 3 atom stereocenters. The van der Waals surface area contributed by atoms with Gasteiger partial charge in [0.05, 0.1) is 16.4 Å². The maximum Gasteiger partial charge on any atom is 0.148 e. The third-order valence-electron chi connectivity index (χ3n) is 6.54. The van der Waals surface area contributed by atoms with Gasteiger partial charge in [-0.1, -0.05) is 17.7 Å². The highest BCUT2D eigenvalue weighted by Gasteiger charge is 2.41. The normalized spacial score (nSPS) is 23.1. The number of aromatic nitrogens is 3. The van der Waals surface area contributed by atoms with Crippen LogP contribution in [0.2, 0.25) is 5.02 Å². The summed E-state index contributed by atoms with van der Waals surface area (Å²) in [5.74, 6) is 1.83. The van der Waals surface area contributed by atoms with Gasteiger partial charge in [-0.25, -0.2) is 4.39 Å². The van der Waals surface area contributed by atoms with E-state index in [0.29, 0.717) is 34.2 Å². The van der Waals surface area contributed by atoms with Gasteiger partial charge in [0.1, 0.15) is 11.6 Å². The first kappa shape index (κ1) is 20.3. The molecule has 31 heavy (non-hydrogen) atoms. The Morgan fingerprint density at radius 3 is 2.61 bits per heavy atom. The molecule has 160 valence electrons. The molecule has 5 rings (SSSR count). The van der Waals surface area contributed by atoms with Crippen molar-refractivity contribution in [2.24, 2.45) is 11.8 Å². The molecule has 3 heterocycles. The van der Waals surface area contributed by atoms with E-state index < -0.39 is 0 Å². The molecule has 0 spiro atoms. The van der Waals surface area contributed by atoms with E-state index in [1.165, 1.54) is 29.5 Å². The van der Waals surface area contributed by atoms with Crippen molar-refractivity contribution < 1.29 is 4.39 Å². The van der Waals surface area contributed by atoms with E-state index in [2.05, 4.69) is 38.4 Å². The van der Waals surface area contributed by atoms with Gasteiger partial charge in [-0.2, -0.15) is 0 Å². The molecule has 2 fully saturated rings. The Kier molecular flexibility index (Phi) is 5.59. The lowest BCUT2D eigenvalue weighted by Crippen LogP contribution is -2.25. The fourth-order valence-corrected chi connectivity index (χ4v) is 5.21. The lowest BCUT2D eigenvalue weighted by atomic mass is 10.0. The molecule has 0 amide bonds. The van der Waals surface area contributed by atoms with Gasteiger partial charge in [-0.05, 0) is 73.6 Å². The molecule has 0 bridgehead atoms. The first-order valence-electron chi connectivity index (χ1n) is 10.7. The van der Waals surface area contributed by atoms with Gasteiger partial charge in [0.25, 0.3) is 0 Å². The molecule has 2 aliphatic rings. The average Bonchev–Trinajstić information content (AvgIpc) is 3.30. The Bertz CT molecular complexity index is 1060. The Balaban J connectivity index is 1.17. The van der Waals surface area contributed by atoms with Crippen LogP contribution < -0.4 is 5.32 Å². The van der Waals surface area contributed by atoms with Crippen molar-refractivity contribution in [1.29, 1.82) is 0 Å². The molecule has 1 aromatic carbocycles. The van der Waals surface area contributed by atoms with Crippen molar-refractivity contribution in [1.82, 2.24) is 20.1 Å². The van der Waals surface area contributed by atoms with Crippen LogP contribution in [0.1, 0.15) is 24.1 Å². The standard InChI is InChI=1S/C24H25ClFN5/c1-15-3-2-8-27-23(15)14-31-12-16-9-19(10-17(16)13-31)28-24-7-6-22(29-30-24)20-11-18(26)4-5-21(20)25/h2-8,11,16-17,19H,9-10,12-14H2,1H3,(H,28,30)/t16-,17+,19-. The van der Waals surface area contributed by atoms with Crippen LogP contribution in [0.3, 0.4) is 0 Å². The molecular weight excluding hydrogens is 413 g/mol. The van der Waals surface area contributed by atoms with Gasteiger partial charge < -0.3 is 5.32 Å². The summed E-state index contributed by atoms with van der Waals surface area (Å²) < 4.78 is 13.5. The minimum Gasteiger partial charge on any atom is -0.366 e. The van der Waals surface area contributed by atoms with Crippen LogP contribution in [0, 0.1) is 24.6 Å². The number of benzene rings is 1. The summed E-state index contributed by atoms with van der Waals surface area (Å²) in [5.41, 5.74) is 3.57. The van der Waals surface area contributed by atoms with Gasteiger partial charge in [0, 0.05) is 37.4 Å². The molecule has 0 unspecified atom stereocenters. The molecule has 1 saturated carbocycles. The quantitative estimate of drug-likeness (QED) is 0.611. The first-order chi connectivity index (χ1) is 15.0. The van der Waals surface area contributed by atoms with Crippen LogP contribution in [-0.4, -0.2) is 39.2 Å². The van der Waals surface area contributed by atoms with Crippen molar-refractivity contribution >= 4 is 17.4 Å². The molecule has 7 heteroatoms. The summed E-state index contributed by atoms with van der Waals surface area (Å²) in [6.45, 7) is 5.32. The zero-order valence-corrected chi connectivity index (χ0v) is 18.2. The monoisotopic (exact) mass is 437 g/mol. The number of hydrogen-bond donors (Lipinski definition) is 1. The predicted molar refractivity (Wildman–Crippen MR) is 120 cm³/mol.